The maximum atomic E-state index is 12.0. The van der Waals surface area contributed by atoms with Crippen molar-refractivity contribution < 1.29 is 9.21 Å². The molecule has 1 amide bonds. The molecule has 0 saturated heterocycles. The normalized spacial score (nSPS) is 12.2. The van der Waals surface area contributed by atoms with Crippen LogP contribution in [0.2, 0.25) is 5.15 Å². The highest BCUT2D eigenvalue weighted by Crippen LogP contribution is 2.21. The molecule has 2 aromatic heterocycles. The highest BCUT2D eigenvalue weighted by atomic mass is 35.5. The van der Waals surface area contributed by atoms with Crippen LogP contribution in [0.25, 0.3) is 0 Å². The van der Waals surface area contributed by atoms with Gasteiger partial charge in [0, 0.05) is 5.56 Å². The average Bonchev–Trinajstić information content (AvgIpc) is 2.68. The molecule has 0 saturated carbocycles. The summed E-state index contributed by atoms with van der Waals surface area (Å²) in [5.74, 6) is 1.38. The van der Waals surface area contributed by atoms with Crippen molar-refractivity contribution in [3.63, 3.8) is 0 Å². The maximum absolute atomic E-state index is 12.0. The molecule has 100 valence electrons. The van der Waals surface area contributed by atoms with Gasteiger partial charge < -0.3 is 9.73 Å². The van der Waals surface area contributed by atoms with E-state index in [0.29, 0.717) is 10.8 Å². The Bertz CT molecular complexity index is 607. The summed E-state index contributed by atoms with van der Waals surface area (Å²) in [5.41, 5.74) is 1.27. The van der Waals surface area contributed by atoms with E-state index in [1.54, 1.807) is 18.2 Å². The van der Waals surface area contributed by atoms with Gasteiger partial charge in [-0.2, -0.15) is 0 Å². The number of aromatic nitrogens is 1. The first-order chi connectivity index (χ1) is 8.97. The lowest BCUT2D eigenvalue weighted by Gasteiger charge is -2.12. The summed E-state index contributed by atoms with van der Waals surface area (Å²) < 4.78 is 5.45. The topological polar surface area (TPSA) is 55.1 Å². The Morgan fingerprint density at radius 2 is 2.16 bits per heavy atom. The number of nitrogens with one attached hydrogen (secondary N) is 1. The third kappa shape index (κ3) is 3.15. The number of carbonyl (C=O) groups excluding carboxylic acids is 1. The van der Waals surface area contributed by atoms with Crippen molar-refractivity contribution in [3.8, 4) is 0 Å². The summed E-state index contributed by atoms with van der Waals surface area (Å²) in [6.45, 7) is 5.66. The number of pyridine rings is 1. The number of furan rings is 1. The number of hydrogen-bond donors (Lipinski definition) is 1. The van der Waals surface area contributed by atoms with E-state index in [9.17, 15) is 4.79 Å². The third-order valence-electron chi connectivity index (χ3n) is 2.84. The van der Waals surface area contributed by atoms with Crippen LogP contribution in [0.1, 0.15) is 40.5 Å². The molecule has 2 rings (SSSR count). The number of halogens is 1. The van der Waals surface area contributed by atoms with Gasteiger partial charge in [0.1, 0.15) is 22.4 Å². The number of rotatable bonds is 3. The second kappa shape index (κ2) is 5.45. The minimum atomic E-state index is -0.256. The summed E-state index contributed by atoms with van der Waals surface area (Å²) in [6, 6.07) is 6.73. The minimum Gasteiger partial charge on any atom is -0.466 e. The van der Waals surface area contributed by atoms with E-state index in [1.807, 2.05) is 26.8 Å². The van der Waals surface area contributed by atoms with Crippen LogP contribution in [0.3, 0.4) is 0 Å². The molecule has 0 radical (unpaired) electrons. The molecule has 19 heavy (non-hydrogen) atoms. The largest absolute Gasteiger partial charge is 0.466 e. The predicted molar refractivity (Wildman–Crippen MR) is 73.3 cm³/mol. The van der Waals surface area contributed by atoms with Crippen molar-refractivity contribution in [2.45, 2.75) is 26.8 Å². The second-order valence-corrected chi connectivity index (χ2v) is 4.80. The molecule has 5 heteroatoms. The first kappa shape index (κ1) is 13.6. The van der Waals surface area contributed by atoms with E-state index in [-0.39, 0.29) is 11.9 Å². The summed E-state index contributed by atoms with van der Waals surface area (Å²) in [4.78, 5) is 16.0. The Morgan fingerprint density at radius 1 is 1.42 bits per heavy atom. The van der Waals surface area contributed by atoms with Crippen LogP contribution in [0.4, 0.5) is 0 Å². The van der Waals surface area contributed by atoms with Gasteiger partial charge in [-0.3, -0.25) is 4.79 Å². The minimum absolute atomic E-state index is 0.147. The Hall–Kier alpha value is -1.81. The zero-order chi connectivity index (χ0) is 14.0. The van der Waals surface area contributed by atoms with E-state index in [1.165, 1.54) is 0 Å². The molecule has 0 aliphatic carbocycles. The van der Waals surface area contributed by atoms with Gasteiger partial charge in [0.05, 0.1) is 6.04 Å². The van der Waals surface area contributed by atoms with Crippen molar-refractivity contribution >= 4 is 17.5 Å². The lowest BCUT2D eigenvalue weighted by Crippen LogP contribution is -2.27. The molecule has 4 nitrogen and oxygen atoms in total. The van der Waals surface area contributed by atoms with Crippen molar-refractivity contribution in [1.29, 1.82) is 0 Å². The Labute approximate surface area is 116 Å². The van der Waals surface area contributed by atoms with Crippen LogP contribution in [0.15, 0.2) is 28.7 Å². The van der Waals surface area contributed by atoms with Crippen LogP contribution < -0.4 is 5.32 Å². The van der Waals surface area contributed by atoms with Gasteiger partial charge in [-0.05, 0) is 39.0 Å². The molecule has 1 atom stereocenters. The Morgan fingerprint density at radius 3 is 2.74 bits per heavy atom. The summed E-state index contributed by atoms with van der Waals surface area (Å²) >= 11 is 5.76. The quantitative estimate of drug-likeness (QED) is 0.875. The smallest absolute Gasteiger partial charge is 0.270 e. The van der Waals surface area contributed by atoms with E-state index in [2.05, 4.69) is 10.3 Å². The first-order valence-electron chi connectivity index (χ1n) is 5.97. The first-order valence-corrected chi connectivity index (χ1v) is 6.35. The molecule has 1 unspecified atom stereocenters. The molecule has 0 aromatic carbocycles. The molecule has 2 aromatic rings. The number of nitrogens with zero attached hydrogens (tertiary/aromatic N) is 1. The van der Waals surface area contributed by atoms with Crippen LogP contribution in [-0.2, 0) is 0 Å². The van der Waals surface area contributed by atoms with Crippen molar-refractivity contribution in [3.05, 3.63) is 52.2 Å². The highest BCUT2D eigenvalue weighted by molar-refractivity contribution is 6.29. The number of hydrogen-bond acceptors (Lipinski definition) is 3. The molecule has 1 N–H and O–H groups in total. The third-order valence-corrected chi connectivity index (χ3v) is 3.05. The lowest BCUT2D eigenvalue weighted by molar-refractivity contribution is 0.0934. The van der Waals surface area contributed by atoms with Gasteiger partial charge in [-0.1, -0.05) is 17.7 Å². The van der Waals surface area contributed by atoms with Crippen molar-refractivity contribution in [2.75, 3.05) is 0 Å². The molecule has 0 aliphatic heterocycles. The Kier molecular flexibility index (Phi) is 3.90. The van der Waals surface area contributed by atoms with Crippen LogP contribution in [0.5, 0.6) is 0 Å². The summed E-state index contributed by atoms with van der Waals surface area (Å²) in [5, 5.41) is 3.18. The molecular weight excluding hydrogens is 264 g/mol. The van der Waals surface area contributed by atoms with Gasteiger partial charge in [-0.25, -0.2) is 4.98 Å². The number of amides is 1. The van der Waals surface area contributed by atoms with Gasteiger partial charge >= 0.3 is 0 Å². The second-order valence-electron chi connectivity index (χ2n) is 4.41. The number of carbonyl (C=O) groups is 1. The predicted octanol–water partition coefficient (Wildman–Crippen LogP) is 3.44. The maximum Gasteiger partial charge on any atom is 0.270 e. The van der Waals surface area contributed by atoms with Gasteiger partial charge in [0.15, 0.2) is 0 Å². The van der Waals surface area contributed by atoms with E-state index < -0.39 is 0 Å². The van der Waals surface area contributed by atoms with E-state index in [0.717, 1.165) is 17.1 Å². The van der Waals surface area contributed by atoms with Gasteiger partial charge in [0.25, 0.3) is 5.91 Å². The summed E-state index contributed by atoms with van der Waals surface area (Å²) in [7, 11) is 0. The van der Waals surface area contributed by atoms with Crippen LogP contribution in [0, 0.1) is 13.8 Å². The lowest BCUT2D eigenvalue weighted by atomic mass is 10.1. The molecule has 0 bridgehead atoms. The van der Waals surface area contributed by atoms with Crippen LogP contribution in [-0.4, -0.2) is 10.9 Å². The van der Waals surface area contributed by atoms with E-state index in [4.69, 9.17) is 16.0 Å². The van der Waals surface area contributed by atoms with Crippen molar-refractivity contribution in [2.24, 2.45) is 0 Å². The fourth-order valence-electron chi connectivity index (χ4n) is 1.96. The number of aryl methyl sites for hydroxylation is 2. The monoisotopic (exact) mass is 278 g/mol. The molecular formula is C14H15ClN2O2. The average molecular weight is 279 g/mol. The van der Waals surface area contributed by atoms with Gasteiger partial charge in [-0.15, -0.1) is 0 Å². The SMILES string of the molecule is Cc1cc(C(C)NC(=O)c2cccc(Cl)n2)c(C)o1. The fourth-order valence-corrected chi connectivity index (χ4v) is 2.13. The van der Waals surface area contributed by atoms with Crippen LogP contribution >= 0.6 is 11.6 Å². The molecule has 0 fully saturated rings. The summed E-state index contributed by atoms with van der Waals surface area (Å²) in [6.07, 6.45) is 0. The highest BCUT2D eigenvalue weighted by Gasteiger charge is 2.16. The van der Waals surface area contributed by atoms with E-state index >= 15 is 0 Å². The van der Waals surface area contributed by atoms with Gasteiger partial charge in [0.2, 0.25) is 0 Å². The molecule has 2 heterocycles. The zero-order valence-electron chi connectivity index (χ0n) is 11.0. The fraction of sp³-hybridized carbons (Fsp3) is 0.286. The standard InChI is InChI=1S/C14H15ClN2O2/c1-8-7-11(10(3)19-8)9(2)16-14(18)12-5-4-6-13(15)17-12/h4-7,9H,1-3H3,(H,16,18). The zero-order valence-corrected chi connectivity index (χ0v) is 11.8. The molecule has 0 aliphatic rings. The Balaban J connectivity index is 2.13. The van der Waals surface area contributed by atoms with Crippen molar-refractivity contribution in [1.82, 2.24) is 10.3 Å². The molecule has 0 spiro atoms.